The van der Waals surface area contributed by atoms with Crippen LogP contribution in [0, 0.1) is 5.92 Å². The number of rotatable bonds is 4. The number of likely N-dealkylation sites (tertiary alicyclic amines) is 1. The van der Waals surface area contributed by atoms with Crippen LogP contribution in [-0.2, 0) is 6.54 Å². The van der Waals surface area contributed by atoms with Crippen molar-refractivity contribution in [3.8, 4) is 11.5 Å². The number of aromatic nitrogens is 2. The molecule has 0 atom stereocenters. The third-order valence-corrected chi connectivity index (χ3v) is 3.81. The summed E-state index contributed by atoms with van der Waals surface area (Å²) in [5.74, 6) is 1.69. The van der Waals surface area contributed by atoms with Gasteiger partial charge in [-0.05, 0) is 44.0 Å². The van der Waals surface area contributed by atoms with E-state index in [1.165, 1.54) is 0 Å². The Morgan fingerprint density at radius 2 is 1.90 bits per heavy atom. The Morgan fingerprint density at radius 1 is 1.15 bits per heavy atom. The Hall–Kier alpha value is -1.72. The first-order chi connectivity index (χ1) is 9.85. The maximum absolute atomic E-state index is 9.14. The van der Waals surface area contributed by atoms with Gasteiger partial charge in [-0.15, -0.1) is 10.2 Å². The van der Waals surface area contributed by atoms with Crippen LogP contribution in [0.15, 0.2) is 34.7 Å². The molecule has 0 aliphatic carbocycles. The second-order valence-corrected chi connectivity index (χ2v) is 5.27. The summed E-state index contributed by atoms with van der Waals surface area (Å²) in [6, 6.07) is 9.80. The Kier molecular flexibility index (Phi) is 4.08. The van der Waals surface area contributed by atoms with Crippen LogP contribution in [-0.4, -0.2) is 39.9 Å². The highest BCUT2D eigenvalue weighted by molar-refractivity contribution is 5.51. The van der Waals surface area contributed by atoms with Crippen LogP contribution in [0.5, 0.6) is 0 Å². The fraction of sp³-hybridized carbons (Fsp3) is 0.467. The number of hydrogen-bond acceptors (Lipinski definition) is 5. The first-order valence-corrected chi connectivity index (χ1v) is 7.06. The van der Waals surface area contributed by atoms with Crippen molar-refractivity contribution in [2.45, 2.75) is 19.4 Å². The summed E-state index contributed by atoms with van der Waals surface area (Å²) in [7, 11) is 0. The largest absolute Gasteiger partial charge is 0.419 e. The molecule has 0 unspecified atom stereocenters. The Bertz CT molecular complexity index is 533. The van der Waals surface area contributed by atoms with Gasteiger partial charge in [-0.1, -0.05) is 18.2 Å². The lowest BCUT2D eigenvalue weighted by atomic mass is 9.98. The van der Waals surface area contributed by atoms with Crippen molar-refractivity contribution in [3.05, 3.63) is 36.2 Å². The van der Waals surface area contributed by atoms with Gasteiger partial charge in [0.05, 0.1) is 6.54 Å². The molecule has 20 heavy (non-hydrogen) atoms. The molecule has 2 heterocycles. The minimum absolute atomic E-state index is 0.298. The van der Waals surface area contributed by atoms with E-state index in [2.05, 4.69) is 15.1 Å². The first-order valence-electron chi connectivity index (χ1n) is 7.06. The van der Waals surface area contributed by atoms with E-state index >= 15 is 0 Å². The minimum atomic E-state index is 0.298. The van der Waals surface area contributed by atoms with E-state index < -0.39 is 0 Å². The molecule has 0 spiro atoms. The van der Waals surface area contributed by atoms with Gasteiger partial charge < -0.3 is 9.52 Å². The van der Waals surface area contributed by atoms with Gasteiger partial charge in [-0.25, -0.2) is 0 Å². The van der Waals surface area contributed by atoms with Gasteiger partial charge in [-0.2, -0.15) is 0 Å². The van der Waals surface area contributed by atoms with Crippen LogP contribution < -0.4 is 0 Å². The molecule has 1 aromatic heterocycles. The topological polar surface area (TPSA) is 62.4 Å². The summed E-state index contributed by atoms with van der Waals surface area (Å²) in [5, 5.41) is 17.4. The van der Waals surface area contributed by atoms with Crippen LogP contribution in [0.3, 0.4) is 0 Å². The lowest BCUT2D eigenvalue weighted by Crippen LogP contribution is -2.34. The molecule has 0 saturated carbocycles. The molecule has 0 bridgehead atoms. The van der Waals surface area contributed by atoms with Crippen LogP contribution in [0.1, 0.15) is 18.7 Å². The number of nitrogens with zero attached hydrogens (tertiary/aromatic N) is 3. The van der Waals surface area contributed by atoms with Gasteiger partial charge in [-0.3, -0.25) is 4.90 Å². The molecule has 1 aliphatic rings. The zero-order chi connectivity index (χ0) is 13.8. The molecule has 1 aromatic carbocycles. The molecule has 1 N–H and O–H groups in total. The SMILES string of the molecule is OCC1CCN(Cc2nnc(-c3ccccc3)o2)CC1. The molecule has 0 amide bonds. The number of hydrogen-bond donors (Lipinski definition) is 1. The summed E-state index contributed by atoms with van der Waals surface area (Å²) in [5.41, 5.74) is 0.949. The van der Waals surface area contributed by atoms with Gasteiger partial charge >= 0.3 is 0 Å². The third-order valence-electron chi connectivity index (χ3n) is 3.81. The molecule has 3 rings (SSSR count). The molecule has 1 fully saturated rings. The van der Waals surface area contributed by atoms with Gasteiger partial charge in [0.2, 0.25) is 11.8 Å². The normalized spacial score (nSPS) is 17.4. The Balaban J connectivity index is 1.61. The maximum atomic E-state index is 9.14. The number of piperidine rings is 1. The molecule has 5 nitrogen and oxygen atoms in total. The average molecular weight is 273 g/mol. The van der Waals surface area contributed by atoms with Crippen molar-refractivity contribution in [1.29, 1.82) is 0 Å². The second kappa shape index (κ2) is 6.15. The molecule has 0 radical (unpaired) electrons. The molecular weight excluding hydrogens is 254 g/mol. The van der Waals surface area contributed by atoms with Crippen LogP contribution >= 0.6 is 0 Å². The molecular formula is C15H19N3O2. The predicted molar refractivity (Wildman–Crippen MR) is 74.8 cm³/mol. The highest BCUT2D eigenvalue weighted by atomic mass is 16.4. The van der Waals surface area contributed by atoms with E-state index in [1.54, 1.807) is 0 Å². The first kappa shape index (κ1) is 13.3. The van der Waals surface area contributed by atoms with Crippen LogP contribution in [0.4, 0.5) is 0 Å². The van der Waals surface area contributed by atoms with Crippen LogP contribution in [0.2, 0.25) is 0 Å². The third kappa shape index (κ3) is 3.05. The second-order valence-electron chi connectivity index (χ2n) is 5.27. The molecule has 5 heteroatoms. The molecule has 1 aliphatic heterocycles. The summed E-state index contributed by atoms with van der Waals surface area (Å²) in [6.45, 7) is 2.95. The van der Waals surface area contributed by atoms with E-state index in [-0.39, 0.29) is 0 Å². The van der Waals surface area contributed by atoms with Crippen molar-refractivity contribution in [3.63, 3.8) is 0 Å². The van der Waals surface area contributed by atoms with Gasteiger partial charge in [0.15, 0.2) is 0 Å². The lowest BCUT2D eigenvalue weighted by molar-refractivity contribution is 0.121. The fourth-order valence-corrected chi connectivity index (χ4v) is 2.53. The molecule has 1 saturated heterocycles. The van der Waals surface area contributed by atoms with Crippen molar-refractivity contribution >= 4 is 0 Å². The quantitative estimate of drug-likeness (QED) is 0.922. The zero-order valence-electron chi connectivity index (χ0n) is 11.4. The monoisotopic (exact) mass is 273 g/mol. The van der Waals surface area contributed by atoms with Gasteiger partial charge in [0, 0.05) is 12.2 Å². The maximum Gasteiger partial charge on any atom is 0.247 e. The predicted octanol–water partition coefficient (Wildman–Crippen LogP) is 1.94. The van der Waals surface area contributed by atoms with E-state index in [1.807, 2.05) is 30.3 Å². The average Bonchev–Trinajstić information content (AvgIpc) is 2.97. The van der Waals surface area contributed by atoms with E-state index in [4.69, 9.17) is 9.52 Å². The lowest BCUT2D eigenvalue weighted by Gasteiger charge is -2.29. The van der Waals surface area contributed by atoms with Crippen LogP contribution in [0.25, 0.3) is 11.5 Å². The molecule has 106 valence electrons. The van der Waals surface area contributed by atoms with Crippen molar-refractivity contribution < 1.29 is 9.52 Å². The van der Waals surface area contributed by atoms with Gasteiger partial charge in [0.25, 0.3) is 0 Å². The zero-order valence-corrected chi connectivity index (χ0v) is 11.4. The standard InChI is InChI=1S/C15H19N3O2/c19-11-12-6-8-18(9-7-12)10-14-16-17-15(20-14)13-4-2-1-3-5-13/h1-5,12,19H,6-11H2. The minimum Gasteiger partial charge on any atom is -0.419 e. The number of aliphatic hydroxyl groups excluding tert-OH is 1. The van der Waals surface area contributed by atoms with E-state index in [9.17, 15) is 0 Å². The highest BCUT2D eigenvalue weighted by Crippen LogP contribution is 2.20. The smallest absolute Gasteiger partial charge is 0.247 e. The Labute approximate surface area is 118 Å². The van der Waals surface area contributed by atoms with E-state index in [0.717, 1.165) is 31.5 Å². The highest BCUT2D eigenvalue weighted by Gasteiger charge is 2.20. The molecule has 2 aromatic rings. The van der Waals surface area contributed by atoms with E-state index in [0.29, 0.717) is 30.9 Å². The van der Waals surface area contributed by atoms with Crippen molar-refractivity contribution in [2.24, 2.45) is 5.92 Å². The van der Waals surface area contributed by atoms with Crippen molar-refractivity contribution in [1.82, 2.24) is 15.1 Å². The summed E-state index contributed by atoms with van der Waals surface area (Å²) < 4.78 is 5.71. The number of aliphatic hydroxyl groups is 1. The fourth-order valence-electron chi connectivity index (χ4n) is 2.53. The van der Waals surface area contributed by atoms with Gasteiger partial charge in [0.1, 0.15) is 0 Å². The summed E-state index contributed by atoms with van der Waals surface area (Å²) in [4.78, 5) is 2.30. The summed E-state index contributed by atoms with van der Waals surface area (Å²) in [6.07, 6.45) is 2.08. The summed E-state index contributed by atoms with van der Waals surface area (Å²) >= 11 is 0. The number of benzene rings is 1. The Morgan fingerprint density at radius 3 is 2.60 bits per heavy atom. The van der Waals surface area contributed by atoms with Crippen molar-refractivity contribution in [2.75, 3.05) is 19.7 Å².